The lowest BCUT2D eigenvalue weighted by Gasteiger charge is -2.22. The molecule has 16 heavy (non-hydrogen) atoms. The average molecular weight is 208 g/mol. The number of fused-ring (bicyclic) bond motifs is 3. The number of benzene rings is 2. The molecule has 0 heterocycles. The number of hydrogen-bond acceptors (Lipinski definition) is 0. The van der Waals surface area contributed by atoms with E-state index in [-0.39, 0.29) is 0 Å². The van der Waals surface area contributed by atoms with Crippen LogP contribution in [0.5, 0.6) is 0 Å². The molecule has 0 aromatic heterocycles. The lowest BCUT2D eigenvalue weighted by Crippen LogP contribution is -2.06. The quantitative estimate of drug-likeness (QED) is 0.612. The zero-order chi connectivity index (χ0) is 11.1. The number of aryl methyl sites for hydroxylation is 2. The first-order valence-electron chi connectivity index (χ1n) is 5.95. The molecule has 0 atom stereocenters. The molecule has 2 aromatic rings. The average Bonchev–Trinajstić information content (AvgIpc) is 2.33. The van der Waals surface area contributed by atoms with Crippen molar-refractivity contribution in [2.24, 2.45) is 0 Å². The zero-order valence-corrected chi connectivity index (χ0v) is 9.88. The minimum absolute atomic E-state index is 1.19. The first kappa shape index (κ1) is 9.65. The largest absolute Gasteiger partial charge is 0.0620 e. The molecule has 0 heteroatoms. The molecule has 0 saturated carbocycles. The van der Waals surface area contributed by atoms with Gasteiger partial charge in [0, 0.05) is 0 Å². The van der Waals surface area contributed by atoms with Crippen molar-refractivity contribution in [3.8, 4) is 11.1 Å². The second-order valence-electron chi connectivity index (χ2n) is 4.69. The minimum Gasteiger partial charge on any atom is -0.0620 e. The highest BCUT2D eigenvalue weighted by molar-refractivity contribution is 5.74. The van der Waals surface area contributed by atoms with Gasteiger partial charge in [-0.3, -0.25) is 0 Å². The van der Waals surface area contributed by atoms with Crippen LogP contribution in [0.2, 0.25) is 0 Å². The Morgan fingerprint density at radius 2 is 1.62 bits per heavy atom. The van der Waals surface area contributed by atoms with Crippen molar-refractivity contribution < 1.29 is 0 Å². The molecule has 0 fully saturated rings. The molecule has 80 valence electrons. The molecular weight excluding hydrogens is 192 g/mol. The van der Waals surface area contributed by atoms with Gasteiger partial charge < -0.3 is 0 Å². The zero-order valence-electron chi connectivity index (χ0n) is 9.88. The maximum absolute atomic E-state index is 2.29. The van der Waals surface area contributed by atoms with Crippen LogP contribution < -0.4 is 0 Å². The van der Waals surface area contributed by atoms with Gasteiger partial charge in [-0.15, -0.1) is 0 Å². The SMILES string of the molecule is Cc1ccc2c(c1C)CCc1ccccc1-2. The van der Waals surface area contributed by atoms with Gasteiger partial charge in [-0.05, 0) is 60.1 Å². The predicted molar refractivity (Wildman–Crippen MR) is 68.8 cm³/mol. The second kappa shape index (κ2) is 3.48. The summed E-state index contributed by atoms with van der Waals surface area (Å²) in [4.78, 5) is 0. The molecule has 1 aliphatic rings. The summed E-state index contributed by atoms with van der Waals surface area (Å²) >= 11 is 0. The maximum Gasteiger partial charge on any atom is -0.0146 e. The summed E-state index contributed by atoms with van der Waals surface area (Å²) in [6, 6.07) is 13.3. The summed E-state index contributed by atoms with van der Waals surface area (Å²) in [6.07, 6.45) is 2.38. The summed E-state index contributed by atoms with van der Waals surface area (Å²) in [5, 5.41) is 0. The van der Waals surface area contributed by atoms with E-state index in [1.54, 1.807) is 5.56 Å². The van der Waals surface area contributed by atoms with E-state index >= 15 is 0 Å². The molecule has 0 saturated heterocycles. The summed E-state index contributed by atoms with van der Waals surface area (Å²) < 4.78 is 0. The van der Waals surface area contributed by atoms with Crippen LogP contribution in [0.1, 0.15) is 22.3 Å². The Labute approximate surface area is 96.9 Å². The summed E-state index contributed by atoms with van der Waals surface area (Å²) in [6.45, 7) is 4.46. The minimum atomic E-state index is 1.19. The van der Waals surface area contributed by atoms with E-state index in [0.29, 0.717) is 0 Å². The molecule has 1 aliphatic carbocycles. The third kappa shape index (κ3) is 1.30. The van der Waals surface area contributed by atoms with Crippen LogP contribution in [-0.4, -0.2) is 0 Å². The number of hydrogen-bond donors (Lipinski definition) is 0. The standard InChI is InChI=1S/C16H16/c1-11-7-9-16-14(12(11)2)10-8-13-5-3-4-6-15(13)16/h3-7,9H,8,10H2,1-2H3. The van der Waals surface area contributed by atoms with Crippen LogP contribution in [0.25, 0.3) is 11.1 Å². The van der Waals surface area contributed by atoms with Gasteiger partial charge in [0.2, 0.25) is 0 Å². The van der Waals surface area contributed by atoms with Gasteiger partial charge >= 0.3 is 0 Å². The first-order valence-corrected chi connectivity index (χ1v) is 5.95. The van der Waals surface area contributed by atoms with Crippen molar-refractivity contribution >= 4 is 0 Å². The molecule has 0 nitrogen and oxygen atoms in total. The molecule has 0 bridgehead atoms. The van der Waals surface area contributed by atoms with Crippen molar-refractivity contribution in [2.45, 2.75) is 26.7 Å². The Bertz CT molecular complexity index is 550. The van der Waals surface area contributed by atoms with Crippen molar-refractivity contribution in [3.05, 3.63) is 58.7 Å². The molecular formula is C16H16. The summed E-state index contributed by atoms with van der Waals surface area (Å²) in [7, 11) is 0. The second-order valence-corrected chi connectivity index (χ2v) is 4.69. The maximum atomic E-state index is 2.29. The highest BCUT2D eigenvalue weighted by Gasteiger charge is 2.17. The summed E-state index contributed by atoms with van der Waals surface area (Å²) in [5.41, 5.74) is 8.83. The van der Waals surface area contributed by atoms with Crippen LogP contribution in [-0.2, 0) is 12.8 Å². The molecule has 0 unspecified atom stereocenters. The molecule has 0 spiro atoms. The molecule has 0 radical (unpaired) electrons. The van der Waals surface area contributed by atoms with Crippen molar-refractivity contribution in [3.63, 3.8) is 0 Å². The van der Waals surface area contributed by atoms with E-state index in [2.05, 4.69) is 50.2 Å². The molecule has 0 N–H and O–H groups in total. The normalized spacial score (nSPS) is 13.1. The highest BCUT2D eigenvalue weighted by Crippen LogP contribution is 2.35. The van der Waals surface area contributed by atoms with Gasteiger partial charge in [0.05, 0.1) is 0 Å². The molecule has 0 aliphatic heterocycles. The topological polar surface area (TPSA) is 0 Å². The Balaban J connectivity index is 2.30. The van der Waals surface area contributed by atoms with Crippen LogP contribution in [0.3, 0.4) is 0 Å². The summed E-state index contributed by atoms with van der Waals surface area (Å²) in [5.74, 6) is 0. The van der Waals surface area contributed by atoms with Gasteiger partial charge in [-0.2, -0.15) is 0 Å². The number of rotatable bonds is 0. The van der Waals surface area contributed by atoms with Gasteiger partial charge in [0.15, 0.2) is 0 Å². The van der Waals surface area contributed by atoms with Gasteiger partial charge in [-0.1, -0.05) is 36.4 Å². The van der Waals surface area contributed by atoms with Crippen molar-refractivity contribution in [1.29, 1.82) is 0 Å². The lowest BCUT2D eigenvalue weighted by molar-refractivity contribution is 0.927. The van der Waals surface area contributed by atoms with Crippen LogP contribution in [0.4, 0.5) is 0 Å². The van der Waals surface area contributed by atoms with Gasteiger partial charge in [0.1, 0.15) is 0 Å². The molecule has 2 aromatic carbocycles. The third-order valence-electron chi connectivity index (χ3n) is 3.82. The fourth-order valence-corrected chi connectivity index (χ4v) is 2.71. The van der Waals surface area contributed by atoms with E-state index < -0.39 is 0 Å². The van der Waals surface area contributed by atoms with Crippen LogP contribution in [0, 0.1) is 13.8 Å². The monoisotopic (exact) mass is 208 g/mol. The predicted octanol–water partition coefficient (Wildman–Crippen LogP) is 4.07. The fraction of sp³-hybridized carbons (Fsp3) is 0.250. The van der Waals surface area contributed by atoms with Gasteiger partial charge in [-0.25, -0.2) is 0 Å². The van der Waals surface area contributed by atoms with Crippen molar-refractivity contribution in [2.75, 3.05) is 0 Å². The van der Waals surface area contributed by atoms with E-state index in [9.17, 15) is 0 Å². The smallest absolute Gasteiger partial charge is 0.0146 e. The van der Waals surface area contributed by atoms with Gasteiger partial charge in [0.25, 0.3) is 0 Å². The lowest BCUT2D eigenvalue weighted by atomic mass is 9.82. The first-order chi connectivity index (χ1) is 7.77. The van der Waals surface area contributed by atoms with E-state index in [1.807, 2.05) is 0 Å². The fourth-order valence-electron chi connectivity index (χ4n) is 2.71. The molecule has 3 rings (SSSR count). The Morgan fingerprint density at radius 1 is 0.812 bits per heavy atom. The van der Waals surface area contributed by atoms with Crippen LogP contribution in [0.15, 0.2) is 36.4 Å². The highest BCUT2D eigenvalue weighted by atomic mass is 14.2. The molecule has 0 amide bonds. The Hall–Kier alpha value is -1.56. The Kier molecular flexibility index (Phi) is 2.10. The third-order valence-corrected chi connectivity index (χ3v) is 3.82. The van der Waals surface area contributed by atoms with E-state index in [4.69, 9.17) is 0 Å². The Morgan fingerprint density at radius 3 is 2.50 bits per heavy atom. The van der Waals surface area contributed by atoms with Crippen molar-refractivity contribution in [1.82, 2.24) is 0 Å². The van der Waals surface area contributed by atoms with E-state index in [0.717, 1.165) is 0 Å². The van der Waals surface area contributed by atoms with E-state index in [1.165, 1.54) is 40.7 Å². The van der Waals surface area contributed by atoms with Crippen LogP contribution >= 0.6 is 0 Å².